The van der Waals surface area contributed by atoms with E-state index in [9.17, 15) is 30.4 Å². The molecule has 1 amide bonds. The van der Waals surface area contributed by atoms with Gasteiger partial charge in [0.15, 0.2) is 11.6 Å². The number of nitrogens with one attached hydrogen (secondary N) is 1. The minimum absolute atomic E-state index is 0.0388. The quantitative estimate of drug-likeness (QED) is 0.557. The second kappa shape index (κ2) is 10.4. The minimum Gasteiger partial charge on any atom is -0.339 e. The average molecular weight is 486 g/mol. The van der Waals surface area contributed by atoms with Gasteiger partial charge in [-0.05, 0) is 43.6 Å². The van der Waals surface area contributed by atoms with Crippen molar-refractivity contribution in [2.75, 3.05) is 43.9 Å². The molecule has 13 heteroatoms. The molecule has 1 heterocycles. The third kappa shape index (κ3) is 6.13. The number of amides is 1. The third-order valence-corrected chi connectivity index (χ3v) is 8.63. The molecular formula is C17H25F2N3O5S3. The first kappa shape index (κ1) is 25.0. The number of thioether (sulfide) groups is 1. The number of carbonyl (C=O) groups excluding carboxylic acids is 1. The van der Waals surface area contributed by atoms with Crippen molar-refractivity contribution >= 4 is 37.7 Å². The van der Waals surface area contributed by atoms with Crippen LogP contribution in [0.4, 0.5) is 8.78 Å². The van der Waals surface area contributed by atoms with Gasteiger partial charge >= 0.3 is 0 Å². The first-order valence-corrected chi connectivity index (χ1v) is 13.7. The topological polar surface area (TPSA) is 104 Å². The molecule has 8 nitrogen and oxygen atoms in total. The average Bonchev–Trinajstić information content (AvgIpc) is 2.72. The van der Waals surface area contributed by atoms with Crippen LogP contribution in [0.5, 0.6) is 0 Å². The highest BCUT2D eigenvalue weighted by molar-refractivity contribution is 7.98. The molecule has 1 aromatic carbocycles. The fraction of sp³-hybridized carbons (Fsp3) is 0.588. The van der Waals surface area contributed by atoms with E-state index in [-0.39, 0.29) is 36.8 Å². The van der Waals surface area contributed by atoms with Gasteiger partial charge in [0.1, 0.15) is 6.04 Å². The summed E-state index contributed by atoms with van der Waals surface area (Å²) in [7, 11) is -7.63. The van der Waals surface area contributed by atoms with Gasteiger partial charge in [-0.3, -0.25) is 4.79 Å². The SMILES string of the molecule is CCS(=O)(=O)NC(CCSC)C(=O)N1CCN(S(=O)(=O)c2ccc(F)c(F)c2)CC1. The molecule has 1 N–H and O–H groups in total. The standard InChI is InChI=1S/C17H25F2N3O5S3/c1-3-29(24,25)20-16(6-11-28-2)17(23)21-7-9-22(10-8-21)30(26,27)13-4-5-14(18)15(19)12-13/h4-5,12,16,20H,3,6-11H2,1-2H3. The maximum Gasteiger partial charge on any atom is 0.243 e. The summed E-state index contributed by atoms with van der Waals surface area (Å²) in [6.45, 7) is 1.52. The molecule has 1 aliphatic heterocycles. The monoisotopic (exact) mass is 485 g/mol. The summed E-state index contributed by atoms with van der Waals surface area (Å²) in [6.07, 6.45) is 2.16. The van der Waals surface area contributed by atoms with Crippen LogP contribution in [0.1, 0.15) is 13.3 Å². The van der Waals surface area contributed by atoms with Gasteiger partial charge in [0.2, 0.25) is 26.0 Å². The summed E-state index contributed by atoms with van der Waals surface area (Å²) < 4.78 is 79.2. The Morgan fingerprint density at radius 2 is 1.77 bits per heavy atom. The van der Waals surface area contributed by atoms with E-state index in [0.29, 0.717) is 18.2 Å². The molecule has 0 aliphatic carbocycles. The lowest BCUT2D eigenvalue weighted by molar-refractivity contribution is -0.134. The Hall–Kier alpha value is -1.28. The summed E-state index contributed by atoms with van der Waals surface area (Å²) in [4.78, 5) is 13.9. The summed E-state index contributed by atoms with van der Waals surface area (Å²) in [6, 6.07) is 1.44. The van der Waals surface area contributed by atoms with Crippen molar-refractivity contribution in [1.82, 2.24) is 13.9 Å². The summed E-state index contributed by atoms with van der Waals surface area (Å²) >= 11 is 1.48. The van der Waals surface area contributed by atoms with E-state index < -0.39 is 43.6 Å². The first-order chi connectivity index (χ1) is 14.0. The zero-order valence-electron chi connectivity index (χ0n) is 16.7. The predicted octanol–water partition coefficient (Wildman–Crippen LogP) is 0.859. The molecule has 0 radical (unpaired) electrons. The molecule has 1 aromatic rings. The van der Waals surface area contributed by atoms with E-state index in [1.54, 1.807) is 0 Å². The van der Waals surface area contributed by atoms with Crippen molar-refractivity contribution in [2.45, 2.75) is 24.3 Å². The number of nitrogens with zero attached hydrogens (tertiary/aromatic N) is 2. The summed E-state index contributed by atoms with van der Waals surface area (Å²) in [5.74, 6) is -2.39. The zero-order chi connectivity index (χ0) is 22.5. The Morgan fingerprint density at radius 3 is 2.30 bits per heavy atom. The lowest BCUT2D eigenvalue weighted by Gasteiger charge is -2.35. The number of hydrogen-bond donors (Lipinski definition) is 1. The van der Waals surface area contributed by atoms with Crippen LogP contribution in [0.3, 0.4) is 0 Å². The lowest BCUT2D eigenvalue weighted by atomic mass is 10.2. The molecule has 0 aromatic heterocycles. The highest BCUT2D eigenvalue weighted by atomic mass is 32.2. The summed E-state index contributed by atoms with van der Waals surface area (Å²) in [5.41, 5.74) is 0. The van der Waals surface area contributed by atoms with Gasteiger partial charge in [0.25, 0.3) is 0 Å². The Kier molecular flexibility index (Phi) is 8.62. The molecule has 1 unspecified atom stereocenters. The second-order valence-electron chi connectivity index (χ2n) is 6.66. The Morgan fingerprint density at radius 1 is 1.13 bits per heavy atom. The van der Waals surface area contributed by atoms with Crippen LogP contribution >= 0.6 is 11.8 Å². The van der Waals surface area contributed by atoms with Crippen LogP contribution in [0.25, 0.3) is 0 Å². The van der Waals surface area contributed by atoms with E-state index in [4.69, 9.17) is 0 Å². The second-order valence-corrected chi connectivity index (χ2v) is 11.6. The normalized spacial score (nSPS) is 17.1. The van der Waals surface area contributed by atoms with E-state index in [1.165, 1.54) is 23.6 Å². The zero-order valence-corrected chi connectivity index (χ0v) is 19.1. The molecule has 1 fully saturated rings. The fourth-order valence-electron chi connectivity index (χ4n) is 2.92. The third-order valence-electron chi connectivity index (χ3n) is 4.69. The van der Waals surface area contributed by atoms with Gasteiger partial charge in [-0.15, -0.1) is 0 Å². The maximum atomic E-state index is 13.4. The molecule has 0 saturated carbocycles. The van der Waals surface area contributed by atoms with Crippen LogP contribution < -0.4 is 4.72 Å². The van der Waals surface area contributed by atoms with Crippen LogP contribution in [0.15, 0.2) is 23.1 Å². The molecule has 0 spiro atoms. The molecule has 170 valence electrons. The Bertz CT molecular complexity index is 965. The van der Waals surface area contributed by atoms with Crippen molar-refractivity contribution in [1.29, 1.82) is 0 Å². The van der Waals surface area contributed by atoms with Crippen LogP contribution in [-0.4, -0.2) is 81.9 Å². The molecule has 30 heavy (non-hydrogen) atoms. The Labute approximate surface area is 180 Å². The van der Waals surface area contributed by atoms with Gasteiger partial charge in [-0.25, -0.2) is 30.3 Å². The van der Waals surface area contributed by atoms with Crippen LogP contribution in [0, 0.1) is 11.6 Å². The summed E-state index contributed by atoms with van der Waals surface area (Å²) in [5, 5.41) is 0. The molecule has 1 atom stereocenters. The van der Waals surface area contributed by atoms with Gasteiger partial charge in [-0.1, -0.05) is 0 Å². The van der Waals surface area contributed by atoms with Crippen LogP contribution in [0.2, 0.25) is 0 Å². The molecule has 1 saturated heterocycles. The number of halogens is 2. The van der Waals surface area contributed by atoms with Gasteiger partial charge in [-0.2, -0.15) is 16.1 Å². The van der Waals surface area contributed by atoms with E-state index in [2.05, 4.69) is 4.72 Å². The van der Waals surface area contributed by atoms with Crippen molar-refractivity contribution in [3.05, 3.63) is 29.8 Å². The molecular weight excluding hydrogens is 460 g/mol. The van der Waals surface area contributed by atoms with Gasteiger partial charge in [0.05, 0.1) is 10.6 Å². The minimum atomic E-state index is -4.04. The predicted molar refractivity (Wildman–Crippen MR) is 111 cm³/mol. The number of sulfonamides is 2. The van der Waals surface area contributed by atoms with Gasteiger partial charge in [0, 0.05) is 26.2 Å². The number of rotatable bonds is 9. The number of carbonyl (C=O) groups is 1. The molecule has 1 aliphatic rings. The number of piperazine rings is 1. The van der Waals surface area contributed by atoms with Crippen LogP contribution in [-0.2, 0) is 24.8 Å². The van der Waals surface area contributed by atoms with E-state index in [0.717, 1.165) is 16.4 Å². The molecule has 0 bridgehead atoms. The van der Waals surface area contributed by atoms with Gasteiger partial charge < -0.3 is 4.90 Å². The smallest absolute Gasteiger partial charge is 0.243 e. The van der Waals surface area contributed by atoms with Crippen molar-refractivity contribution in [3.63, 3.8) is 0 Å². The van der Waals surface area contributed by atoms with Crippen molar-refractivity contribution in [2.24, 2.45) is 0 Å². The van der Waals surface area contributed by atoms with Crippen molar-refractivity contribution < 1.29 is 30.4 Å². The lowest BCUT2D eigenvalue weighted by Crippen LogP contribution is -2.56. The van der Waals surface area contributed by atoms with E-state index >= 15 is 0 Å². The first-order valence-electron chi connectivity index (χ1n) is 9.24. The largest absolute Gasteiger partial charge is 0.339 e. The number of hydrogen-bond acceptors (Lipinski definition) is 6. The van der Waals surface area contributed by atoms with E-state index in [1.807, 2.05) is 6.26 Å². The fourth-order valence-corrected chi connectivity index (χ4v) is 5.65. The highest BCUT2D eigenvalue weighted by Crippen LogP contribution is 2.20. The Balaban J connectivity index is 2.08. The number of benzene rings is 1. The van der Waals surface area contributed by atoms with Crippen molar-refractivity contribution in [3.8, 4) is 0 Å². The highest BCUT2D eigenvalue weighted by Gasteiger charge is 2.34. The maximum absolute atomic E-state index is 13.4. The molecule has 2 rings (SSSR count).